The first kappa shape index (κ1) is 17.3. The topological polar surface area (TPSA) is 50.4 Å². The Morgan fingerprint density at radius 3 is 2.26 bits per heavy atom. The number of hydrogen-bond donors (Lipinski definition) is 2. The lowest BCUT2D eigenvalue weighted by Gasteiger charge is -2.10. The molecule has 4 nitrogen and oxygen atoms in total. The summed E-state index contributed by atoms with van der Waals surface area (Å²) in [7, 11) is 0. The second-order valence-electron chi connectivity index (χ2n) is 5.64. The first-order chi connectivity index (χ1) is 11.0. The van der Waals surface area contributed by atoms with Crippen molar-refractivity contribution >= 4 is 33.2 Å². The van der Waals surface area contributed by atoms with Crippen molar-refractivity contribution in [1.29, 1.82) is 0 Å². The van der Waals surface area contributed by atoms with Crippen molar-refractivity contribution < 1.29 is 9.53 Å². The van der Waals surface area contributed by atoms with Gasteiger partial charge in [-0.15, -0.1) is 0 Å². The number of benzene rings is 2. The molecular formula is C18H21BrN2O2. The van der Waals surface area contributed by atoms with Gasteiger partial charge in [0.1, 0.15) is 5.75 Å². The Balaban J connectivity index is 1.79. The zero-order chi connectivity index (χ0) is 16.7. The maximum Gasteiger partial charge on any atom is 0.243 e. The normalized spacial score (nSPS) is 10.4. The van der Waals surface area contributed by atoms with Gasteiger partial charge in [0.25, 0.3) is 0 Å². The molecule has 23 heavy (non-hydrogen) atoms. The molecule has 0 fully saturated rings. The lowest BCUT2D eigenvalue weighted by molar-refractivity contribution is -0.114. The molecule has 0 aliphatic carbocycles. The molecule has 0 aliphatic rings. The number of amides is 1. The van der Waals surface area contributed by atoms with E-state index in [0.717, 1.165) is 21.6 Å². The molecule has 122 valence electrons. The smallest absolute Gasteiger partial charge is 0.243 e. The highest BCUT2D eigenvalue weighted by molar-refractivity contribution is 9.10. The third-order valence-corrected chi connectivity index (χ3v) is 3.55. The van der Waals surface area contributed by atoms with Crippen LogP contribution >= 0.6 is 15.9 Å². The molecule has 0 saturated carbocycles. The molecule has 0 heterocycles. The molecule has 0 unspecified atom stereocenters. The van der Waals surface area contributed by atoms with Gasteiger partial charge in [0, 0.05) is 15.8 Å². The van der Waals surface area contributed by atoms with Gasteiger partial charge in [-0.1, -0.05) is 29.8 Å². The minimum Gasteiger partial charge on any atom is -0.493 e. The van der Waals surface area contributed by atoms with Crippen LogP contribution in [0.3, 0.4) is 0 Å². The first-order valence-electron chi connectivity index (χ1n) is 7.55. The fourth-order valence-electron chi connectivity index (χ4n) is 1.85. The van der Waals surface area contributed by atoms with E-state index >= 15 is 0 Å². The molecule has 2 aromatic carbocycles. The van der Waals surface area contributed by atoms with Crippen LogP contribution in [0.15, 0.2) is 53.0 Å². The van der Waals surface area contributed by atoms with Crippen molar-refractivity contribution in [2.45, 2.75) is 13.8 Å². The van der Waals surface area contributed by atoms with Gasteiger partial charge in [0.15, 0.2) is 0 Å². The van der Waals surface area contributed by atoms with Crippen LogP contribution in [0, 0.1) is 5.92 Å². The van der Waals surface area contributed by atoms with E-state index in [1.165, 1.54) is 0 Å². The van der Waals surface area contributed by atoms with Gasteiger partial charge in [0.2, 0.25) is 5.91 Å². The van der Waals surface area contributed by atoms with E-state index in [1.807, 2.05) is 48.5 Å². The Kier molecular flexibility index (Phi) is 6.47. The Bertz CT molecular complexity index is 624. The first-order valence-corrected chi connectivity index (χ1v) is 8.34. The summed E-state index contributed by atoms with van der Waals surface area (Å²) in [5.41, 5.74) is 1.66. The van der Waals surface area contributed by atoms with E-state index in [1.54, 1.807) is 0 Å². The van der Waals surface area contributed by atoms with Crippen LogP contribution in [0.25, 0.3) is 0 Å². The summed E-state index contributed by atoms with van der Waals surface area (Å²) in [6.07, 6.45) is 0. The summed E-state index contributed by atoms with van der Waals surface area (Å²) in [6, 6.07) is 15.1. The van der Waals surface area contributed by atoms with Gasteiger partial charge in [-0.25, -0.2) is 0 Å². The van der Waals surface area contributed by atoms with Crippen molar-refractivity contribution in [2.24, 2.45) is 5.92 Å². The van der Waals surface area contributed by atoms with Crippen molar-refractivity contribution in [2.75, 3.05) is 23.8 Å². The molecule has 0 aliphatic heterocycles. The van der Waals surface area contributed by atoms with Gasteiger partial charge >= 0.3 is 0 Å². The predicted molar refractivity (Wildman–Crippen MR) is 98.0 cm³/mol. The molecule has 0 radical (unpaired) electrons. The molecule has 0 atom stereocenters. The average Bonchev–Trinajstić information content (AvgIpc) is 2.53. The molecular weight excluding hydrogens is 356 g/mol. The Hall–Kier alpha value is -2.01. The Morgan fingerprint density at radius 2 is 1.65 bits per heavy atom. The number of hydrogen-bond acceptors (Lipinski definition) is 3. The van der Waals surface area contributed by atoms with Crippen molar-refractivity contribution in [3.63, 3.8) is 0 Å². The van der Waals surface area contributed by atoms with Gasteiger partial charge in [-0.2, -0.15) is 0 Å². The fraction of sp³-hybridized carbons (Fsp3) is 0.278. The lowest BCUT2D eigenvalue weighted by Crippen LogP contribution is -2.21. The Labute approximate surface area is 145 Å². The summed E-state index contributed by atoms with van der Waals surface area (Å²) < 4.78 is 6.62. The monoisotopic (exact) mass is 376 g/mol. The van der Waals surface area contributed by atoms with Gasteiger partial charge in [0.05, 0.1) is 13.2 Å². The standard InChI is InChI=1S/C18H21BrN2O2/c1-13(2)12-23-17-9-7-16(8-10-17)21-18(22)11-20-15-5-3-14(19)4-6-15/h3-10,13,20H,11-12H2,1-2H3,(H,21,22). The highest BCUT2D eigenvalue weighted by Gasteiger charge is 2.03. The predicted octanol–water partition coefficient (Wildman–Crippen LogP) is 4.53. The summed E-state index contributed by atoms with van der Waals surface area (Å²) in [4.78, 5) is 11.9. The van der Waals surface area contributed by atoms with Crippen molar-refractivity contribution in [3.8, 4) is 5.75 Å². The zero-order valence-electron chi connectivity index (χ0n) is 13.3. The summed E-state index contributed by atoms with van der Waals surface area (Å²) in [5, 5.41) is 5.93. The number of anilines is 2. The summed E-state index contributed by atoms with van der Waals surface area (Å²) >= 11 is 3.38. The van der Waals surface area contributed by atoms with E-state index < -0.39 is 0 Å². The number of rotatable bonds is 7. The maximum atomic E-state index is 11.9. The van der Waals surface area contributed by atoms with Gasteiger partial charge in [-0.05, 0) is 54.4 Å². The summed E-state index contributed by atoms with van der Waals surface area (Å²) in [5.74, 6) is 1.20. The van der Waals surface area contributed by atoms with Crippen LogP contribution in [-0.2, 0) is 4.79 Å². The highest BCUT2D eigenvalue weighted by Crippen LogP contribution is 2.17. The largest absolute Gasteiger partial charge is 0.493 e. The van der Waals surface area contributed by atoms with Crippen LogP contribution in [0.5, 0.6) is 5.75 Å². The Morgan fingerprint density at radius 1 is 1.04 bits per heavy atom. The minimum absolute atomic E-state index is 0.0937. The second-order valence-corrected chi connectivity index (χ2v) is 6.55. The quantitative estimate of drug-likeness (QED) is 0.745. The second kappa shape index (κ2) is 8.58. The molecule has 2 N–H and O–H groups in total. The highest BCUT2D eigenvalue weighted by atomic mass is 79.9. The molecule has 2 aromatic rings. The fourth-order valence-corrected chi connectivity index (χ4v) is 2.12. The maximum absolute atomic E-state index is 11.9. The van der Waals surface area contributed by atoms with Crippen LogP contribution in [0.4, 0.5) is 11.4 Å². The SMILES string of the molecule is CC(C)COc1ccc(NC(=O)CNc2ccc(Br)cc2)cc1. The molecule has 0 bridgehead atoms. The molecule has 5 heteroatoms. The lowest BCUT2D eigenvalue weighted by atomic mass is 10.2. The number of ether oxygens (including phenoxy) is 1. The van der Waals surface area contributed by atoms with E-state index in [0.29, 0.717) is 12.5 Å². The third kappa shape index (κ3) is 6.32. The van der Waals surface area contributed by atoms with Gasteiger partial charge < -0.3 is 15.4 Å². The van der Waals surface area contributed by atoms with Crippen molar-refractivity contribution in [1.82, 2.24) is 0 Å². The van der Waals surface area contributed by atoms with Crippen LogP contribution in [0.1, 0.15) is 13.8 Å². The zero-order valence-corrected chi connectivity index (χ0v) is 14.9. The number of carbonyl (C=O) groups excluding carboxylic acids is 1. The number of halogens is 1. The van der Waals surface area contributed by atoms with Crippen LogP contribution in [0.2, 0.25) is 0 Å². The minimum atomic E-state index is -0.0937. The van der Waals surface area contributed by atoms with E-state index in [4.69, 9.17) is 4.74 Å². The summed E-state index contributed by atoms with van der Waals surface area (Å²) in [6.45, 7) is 5.11. The molecule has 0 spiro atoms. The van der Waals surface area contributed by atoms with E-state index in [2.05, 4.69) is 40.4 Å². The third-order valence-electron chi connectivity index (χ3n) is 3.02. The molecule has 2 rings (SSSR count). The average molecular weight is 377 g/mol. The van der Waals surface area contributed by atoms with E-state index in [9.17, 15) is 4.79 Å². The van der Waals surface area contributed by atoms with E-state index in [-0.39, 0.29) is 12.5 Å². The molecule has 0 aromatic heterocycles. The number of nitrogens with one attached hydrogen (secondary N) is 2. The van der Waals surface area contributed by atoms with Crippen LogP contribution in [-0.4, -0.2) is 19.1 Å². The van der Waals surface area contributed by atoms with Gasteiger partial charge in [-0.3, -0.25) is 4.79 Å². The van der Waals surface area contributed by atoms with Crippen molar-refractivity contribution in [3.05, 3.63) is 53.0 Å². The van der Waals surface area contributed by atoms with Crippen LogP contribution < -0.4 is 15.4 Å². The number of carbonyl (C=O) groups is 1. The molecule has 0 saturated heterocycles. The molecule has 1 amide bonds.